The first-order chi connectivity index (χ1) is 18.5. The van der Waals surface area contributed by atoms with E-state index in [9.17, 15) is 4.79 Å². The Morgan fingerprint density at radius 2 is 1.79 bits per heavy atom. The minimum Gasteiger partial charge on any atom is -0.376 e. The molecule has 0 bridgehead atoms. The monoisotopic (exact) mass is 551 g/mol. The number of ether oxygens (including phenoxy) is 1. The van der Waals surface area contributed by atoms with Gasteiger partial charge in [-0.15, -0.1) is 0 Å². The molecule has 3 heterocycles. The number of nitrogens with zero attached hydrogens (tertiary/aromatic N) is 4. The molecule has 0 radical (unpaired) electrons. The topological polar surface area (TPSA) is 70.6 Å². The quantitative estimate of drug-likeness (QED) is 0.302. The summed E-state index contributed by atoms with van der Waals surface area (Å²) in [6.45, 7) is 9.05. The summed E-state index contributed by atoms with van der Waals surface area (Å²) in [6, 6.07) is 15.8. The lowest BCUT2D eigenvalue weighted by Crippen LogP contribution is -2.47. The first-order valence-electron chi connectivity index (χ1n) is 13.2. The summed E-state index contributed by atoms with van der Waals surface area (Å²) >= 11 is 8.04. The number of thioether (sulfide) groups is 1. The van der Waals surface area contributed by atoms with E-state index in [1.807, 2.05) is 42.5 Å². The van der Waals surface area contributed by atoms with Crippen LogP contribution in [-0.2, 0) is 10.5 Å². The van der Waals surface area contributed by atoms with Crippen LogP contribution >= 0.6 is 23.4 Å². The lowest BCUT2D eigenvalue weighted by atomic mass is 10.1. The standard InChI is InChI=1S/C29H34ClN5O2S/c1-20-21(2)32-29(33-27(20)35-15-13-34(14-16-35)26-8-4-3-7-25(26)30)38-19-22-9-11-23(12-10-22)28(36)31-18-24-6-5-17-37-24/h3-4,7-12,24H,5-6,13-19H2,1-2H3,(H,31,36)/t24-/m0/s1. The van der Waals surface area contributed by atoms with E-state index in [2.05, 4.69) is 35.0 Å². The highest BCUT2D eigenvalue weighted by Crippen LogP contribution is 2.30. The Labute approximate surface area is 233 Å². The van der Waals surface area contributed by atoms with Crippen molar-refractivity contribution in [2.45, 2.75) is 43.7 Å². The number of hydrogen-bond acceptors (Lipinski definition) is 7. The number of aryl methyl sites for hydroxylation is 1. The molecule has 200 valence electrons. The molecule has 38 heavy (non-hydrogen) atoms. The number of carbonyl (C=O) groups is 1. The Morgan fingerprint density at radius 1 is 1.05 bits per heavy atom. The van der Waals surface area contributed by atoms with Crippen LogP contribution in [-0.4, -0.2) is 61.3 Å². The summed E-state index contributed by atoms with van der Waals surface area (Å²) in [5.41, 5.74) is 5.01. The molecule has 2 aliphatic heterocycles. The van der Waals surface area contributed by atoms with Gasteiger partial charge < -0.3 is 19.9 Å². The van der Waals surface area contributed by atoms with Gasteiger partial charge in [0.15, 0.2) is 5.16 Å². The number of carbonyl (C=O) groups excluding carboxylic acids is 1. The van der Waals surface area contributed by atoms with E-state index in [-0.39, 0.29) is 12.0 Å². The molecule has 3 aromatic rings. The number of benzene rings is 2. The van der Waals surface area contributed by atoms with Crippen LogP contribution in [0.1, 0.15) is 40.0 Å². The van der Waals surface area contributed by atoms with Gasteiger partial charge in [0.1, 0.15) is 5.82 Å². The van der Waals surface area contributed by atoms with Crippen LogP contribution in [0.4, 0.5) is 11.5 Å². The zero-order valence-corrected chi connectivity index (χ0v) is 23.5. The molecule has 5 rings (SSSR count). The molecule has 1 aromatic heterocycles. The number of nitrogens with one attached hydrogen (secondary N) is 1. The normalized spacial score (nSPS) is 17.6. The van der Waals surface area contributed by atoms with Crippen LogP contribution in [0, 0.1) is 13.8 Å². The highest BCUT2D eigenvalue weighted by molar-refractivity contribution is 7.98. The van der Waals surface area contributed by atoms with Crippen molar-refractivity contribution in [1.29, 1.82) is 0 Å². The Morgan fingerprint density at radius 3 is 2.50 bits per heavy atom. The average Bonchev–Trinajstić information content (AvgIpc) is 3.47. The lowest BCUT2D eigenvalue weighted by molar-refractivity contribution is 0.0858. The largest absolute Gasteiger partial charge is 0.376 e. The third-order valence-electron chi connectivity index (χ3n) is 7.21. The van der Waals surface area contributed by atoms with Gasteiger partial charge in [-0.2, -0.15) is 0 Å². The molecule has 0 aliphatic carbocycles. The van der Waals surface area contributed by atoms with Crippen LogP contribution in [0.25, 0.3) is 0 Å². The van der Waals surface area contributed by atoms with Crippen LogP contribution in [0.3, 0.4) is 0 Å². The Kier molecular flexibility index (Phi) is 8.72. The predicted molar refractivity (Wildman–Crippen MR) is 155 cm³/mol. The second-order valence-corrected chi connectivity index (χ2v) is 11.1. The minimum atomic E-state index is -0.0588. The second kappa shape index (κ2) is 12.4. The van der Waals surface area contributed by atoms with Crippen molar-refractivity contribution in [3.63, 3.8) is 0 Å². The third kappa shape index (κ3) is 6.42. The smallest absolute Gasteiger partial charge is 0.251 e. The number of piperazine rings is 1. The molecule has 2 saturated heterocycles. The molecule has 0 unspecified atom stereocenters. The van der Waals surface area contributed by atoms with Gasteiger partial charge in [-0.1, -0.05) is 47.6 Å². The molecule has 9 heteroatoms. The maximum Gasteiger partial charge on any atom is 0.251 e. The molecule has 1 amide bonds. The maximum absolute atomic E-state index is 12.5. The van der Waals surface area contributed by atoms with Crippen molar-refractivity contribution in [3.05, 3.63) is 75.9 Å². The number of anilines is 2. The maximum atomic E-state index is 12.5. The van der Waals surface area contributed by atoms with E-state index < -0.39 is 0 Å². The fraction of sp³-hybridized carbons (Fsp3) is 0.414. The SMILES string of the molecule is Cc1nc(SCc2ccc(C(=O)NC[C@@H]3CCCO3)cc2)nc(N2CCN(c3ccccc3Cl)CC2)c1C. The van der Waals surface area contributed by atoms with Crippen molar-refractivity contribution in [2.75, 3.05) is 49.1 Å². The van der Waals surface area contributed by atoms with Gasteiger partial charge in [-0.25, -0.2) is 9.97 Å². The fourth-order valence-electron chi connectivity index (χ4n) is 4.84. The van der Waals surface area contributed by atoms with Gasteiger partial charge in [0, 0.05) is 61.9 Å². The summed E-state index contributed by atoms with van der Waals surface area (Å²) in [4.78, 5) is 26.8. The van der Waals surface area contributed by atoms with Crippen LogP contribution in [0.5, 0.6) is 0 Å². The highest BCUT2D eigenvalue weighted by Gasteiger charge is 2.22. The first kappa shape index (κ1) is 26.8. The molecule has 0 saturated carbocycles. The molecule has 1 atom stereocenters. The van der Waals surface area contributed by atoms with E-state index >= 15 is 0 Å². The van der Waals surface area contributed by atoms with Gasteiger partial charge in [0.05, 0.1) is 16.8 Å². The molecule has 7 nitrogen and oxygen atoms in total. The van der Waals surface area contributed by atoms with Crippen molar-refractivity contribution >= 4 is 40.8 Å². The Bertz CT molecular complexity index is 1260. The van der Waals surface area contributed by atoms with Crippen LogP contribution in [0.2, 0.25) is 5.02 Å². The van der Waals surface area contributed by atoms with Gasteiger partial charge in [-0.3, -0.25) is 4.79 Å². The van der Waals surface area contributed by atoms with E-state index in [0.717, 1.165) is 89.9 Å². The van der Waals surface area contributed by atoms with E-state index in [1.54, 1.807) is 11.8 Å². The summed E-state index contributed by atoms with van der Waals surface area (Å²) in [6.07, 6.45) is 2.22. The summed E-state index contributed by atoms with van der Waals surface area (Å²) in [5.74, 6) is 1.69. The fourth-order valence-corrected chi connectivity index (χ4v) is 5.94. The van der Waals surface area contributed by atoms with E-state index in [1.165, 1.54) is 0 Å². The molecule has 2 aliphatic rings. The number of halogens is 1. The van der Waals surface area contributed by atoms with Crippen LogP contribution < -0.4 is 15.1 Å². The number of hydrogen-bond donors (Lipinski definition) is 1. The molecule has 0 spiro atoms. The highest BCUT2D eigenvalue weighted by atomic mass is 35.5. The molecular formula is C29H34ClN5O2S. The van der Waals surface area contributed by atoms with Crippen LogP contribution in [0.15, 0.2) is 53.7 Å². The average molecular weight is 552 g/mol. The Balaban J connectivity index is 1.18. The summed E-state index contributed by atoms with van der Waals surface area (Å²) in [7, 11) is 0. The van der Waals surface area contributed by atoms with Crippen molar-refractivity contribution in [1.82, 2.24) is 15.3 Å². The number of amides is 1. The number of para-hydroxylation sites is 1. The summed E-state index contributed by atoms with van der Waals surface area (Å²) < 4.78 is 5.58. The molecular weight excluding hydrogens is 518 g/mol. The van der Waals surface area contributed by atoms with Gasteiger partial charge in [-0.05, 0) is 56.5 Å². The lowest BCUT2D eigenvalue weighted by Gasteiger charge is -2.37. The molecule has 2 aromatic carbocycles. The zero-order valence-electron chi connectivity index (χ0n) is 22.0. The third-order valence-corrected chi connectivity index (χ3v) is 8.45. The van der Waals surface area contributed by atoms with Crippen molar-refractivity contribution in [2.24, 2.45) is 0 Å². The minimum absolute atomic E-state index is 0.0588. The second-order valence-electron chi connectivity index (χ2n) is 9.80. The molecule has 2 fully saturated rings. The van der Waals surface area contributed by atoms with Gasteiger partial charge in [0.2, 0.25) is 0 Å². The number of aromatic nitrogens is 2. The predicted octanol–water partition coefficient (Wildman–Crippen LogP) is 5.27. The van der Waals surface area contributed by atoms with E-state index in [0.29, 0.717) is 12.1 Å². The zero-order chi connectivity index (χ0) is 26.5. The summed E-state index contributed by atoms with van der Waals surface area (Å²) in [5, 5.41) is 4.54. The Hall–Kier alpha value is -2.81. The van der Waals surface area contributed by atoms with E-state index in [4.69, 9.17) is 26.3 Å². The van der Waals surface area contributed by atoms with Gasteiger partial charge in [0.25, 0.3) is 5.91 Å². The van der Waals surface area contributed by atoms with Gasteiger partial charge >= 0.3 is 0 Å². The number of rotatable bonds is 8. The van der Waals surface area contributed by atoms with Crippen molar-refractivity contribution < 1.29 is 9.53 Å². The van der Waals surface area contributed by atoms with Crippen molar-refractivity contribution in [3.8, 4) is 0 Å². The first-order valence-corrected chi connectivity index (χ1v) is 14.6. The molecule has 1 N–H and O–H groups in total.